The zero-order valence-electron chi connectivity index (χ0n) is 11.1. The number of methoxy groups -OCH3 is 1. The minimum atomic E-state index is -0.0159. The van der Waals surface area contributed by atoms with E-state index in [1.165, 1.54) is 11.3 Å². The number of aromatic nitrogens is 1. The van der Waals surface area contributed by atoms with Gasteiger partial charge in [0.2, 0.25) is 0 Å². The number of rotatable bonds is 3. The minimum Gasteiger partial charge on any atom is -0.497 e. The zero-order chi connectivity index (χ0) is 13.9. The first-order chi connectivity index (χ1) is 9.76. The normalized spacial score (nSPS) is 14.2. The number of anilines is 2. The Morgan fingerprint density at radius 2 is 2.15 bits per heavy atom. The van der Waals surface area contributed by atoms with Crippen LogP contribution in [0.2, 0.25) is 0 Å². The highest BCUT2D eigenvalue weighted by molar-refractivity contribution is 7.17. The quantitative estimate of drug-likeness (QED) is 0.911. The van der Waals surface area contributed by atoms with Gasteiger partial charge in [0, 0.05) is 12.2 Å². The number of ether oxygens (including phenoxy) is 1. The van der Waals surface area contributed by atoms with Gasteiger partial charge in [-0.05, 0) is 37.1 Å². The molecule has 2 N–H and O–H groups in total. The van der Waals surface area contributed by atoms with Crippen molar-refractivity contribution in [3.63, 3.8) is 0 Å². The second-order valence-corrected chi connectivity index (χ2v) is 5.51. The summed E-state index contributed by atoms with van der Waals surface area (Å²) >= 11 is 1.40. The van der Waals surface area contributed by atoms with Crippen molar-refractivity contribution >= 4 is 28.1 Å². The Hall–Kier alpha value is -2.08. The summed E-state index contributed by atoms with van der Waals surface area (Å²) in [5.74, 6) is 0.794. The summed E-state index contributed by atoms with van der Waals surface area (Å²) in [6, 6.07) is 7.61. The van der Waals surface area contributed by atoms with E-state index >= 15 is 0 Å². The van der Waals surface area contributed by atoms with Crippen LogP contribution in [0.5, 0.6) is 5.75 Å². The van der Waals surface area contributed by atoms with E-state index < -0.39 is 0 Å². The third-order valence-electron chi connectivity index (χ3n) is 3.12. The Morgan fingerprint density at radius 1 is 1.35 bits per heavy atom. The molecule has 20 heavy (non-hydrogen) atoms. The van der Waals surface area contributed by atoms with Crippen molar-refractivity contribution in [2.45, 2.75) is 12.8 Å². The maximum Gasteiger partial charge on any atom is 0.263 e. The number of hydrogen-bond acceptors (Lipinski definition) is 5. The molecule has 0 atom stereocenters. The van der Waals surface area contributed by atoms with Gasteiger partial charge in [-0.25, -0.2) is 4.98 Å². The Labute approximate surface area is 121 Å². The van der Waals surface area contributed by atoms with Crippen LogP contribution in [0.1, 0.15) is 21.8 Å². The molecule has 0 fully saturated rings. The molecule has 5 nitrogen and oxygen atoms in total. The highest BCUT2D eigenvalue weighted by Crippen LogP contribution is 2.28. The molecule has 3 rings (SSSR count). The predicted octanol–water partition coefficient (Wildman–Crippen LogP) is 2.57. The number of hydrogen-bond donors (Lipinski definition) is 2. The first kappa shape index (κ1) is 12.9. The van der Waals surface area contributed by atoms with Gasteiger partial charge < -0.3 is 15.4 Å². The Bertz CT molecular complexity index is 622. The van der Waals surface area contributed by atoms with Crippen LogP contribution >= 0.6 is 11.3 Å². The van der Waals surface area contributed by atoms with Crippen molar-refractivity contribution in [3.05, 3.63) is 34.8 Å². The number of amides is 1. The van der Waals surface area contributed by atoms with Gasteiger partial charge in [-0.2, -0.15) is 0 Å². The van der Waals surface area contributed by atoms with E-state index in [2.05, 4.69) is 15.6 Å². The molecule has 2 aromatic rings. The fourth-order valence-corrected chi connectivity index (χ4v) is 3.04. The van der Waals surface area contributed by atoms with Gasteiger partial charge in [0.1, 0.15) is 10.6 Å². The summed E-state index contributed by atoms with van der Waals surface area (Å²) in [6.07, 6.45) is 1.78. The summed E-state index contributed by atoms with van der Waals surface area (Å²) < 4.78 is 5.12. The number of nitrogens with one attached hydrogen (secondary N) is 2. The van der Waals surface area contributed by atoms with E-state index in [1.807, 2.05) is 24.3 Å². The number of aryl methyl sites for hydroxylation is 1. The summed E-state index contributed by atoms with van der Waals surface area (Å²) in [5, 5.41) is 6.85. The summed E-state index contributed by atoms with van der Waals surface area (Å²) in [6.45, 7) is 0.725. The molecular formula is C14H15N3O2S. The number of carbonyl (C=O) groups excluding carboxylic acids is 1. The molecule has 1 aromatic heterocycles. The molecule has 104 valence electrons. The average Bonchev–Trinajstić information content (AvgIpc) is 2.79. The maximum atomic E-state index is 11.9. The molecule has 2 heterocycles. The first-order valence-electron chi connectivity index (χ1n) is 6.45. The zero-order valence-corrected chi connectivity index (χ0v) is 11.9. The smallest absolute Gasteiger partial charge is 0.263 e. The van der Waals surface area contributed by atoms with Crippen molar-refractivity contribution in [1.29, 1.82) is 0 Å². The van der Waals surface area contributed by atoms with Crippen molar-refractivity contribution in [2.75, 3.05) is 19.0 Å². The molecule has 1 aromatic carbocycles. The van der Waals surface area contributed by atoms with Crippen LogP contribution in [0.4, 0.5) is 10.8 Å². The predicted molar refractivity (Wildman–Crippen MR) is 79.0 cm³/mol. The topological polar surface area (TPSA) is 63.2 Å². The van der Waals surface area contributed by atoms with E-state index in [1.54, 1.807) is 7.11 Å². The SMILES string of the molecule is COc1ccc(Nc2nc3c(s2)C(=O)NCCC3)cc1. The van der Waals surface area contributed by atoms with Gasteiger partial charge in [-0.15, -0.1) is 0 Å². The van der Waals surface area contributed by atoms with Crippen molar-refractivity contribution in [2.24, 2.45) is 0 Å². The largest absolute Gasteiger partial charge is 0.497 e. The molecule has 0 saturated carbocycles. The second kappa shape index (κ2) is 5.50. The van der Waals surface area contributed by atoms with Crippen LogP contribution in [0.15, 0.2) is 24.3 Å². The molecule has 0 bridgehead atoms. The van der Waals surface area contributed by atoms with Crippen LogP contribution in [0, 0.1) is 0 Å². The molecule has 0 saturated heterocycles. The highest BCUT2D eigenvalue weighted by Gasteiger charge is 2.20. The maximum absolute atomic E-state index is 11.9. The standard InChI is InChI=1S/C14H15N3O2S/c1-19-10-6-4-9(5-7-10)16-14-17-11-3-2-8-15-13(18)12(11)20-14/h4-7H,2-3,8H2,1H3,(H,15,18)(H,16,17). The van der Waals surface area contributed by atoms with Crippen molar-refractivity contribution in [1.82, 2.24) is 10.3 Å². The van der Waals surface area contributed by atoms with E-state index in [4.69, 9.17) is 4.74 Å². The number of thiazole rings is 1. The fourth-order valence-electron chi connectivity index (χ4n) is 2.09. The van der Waals surface area contributed by atoms with Gasteiger partial charge in [0.05, 0.1) is 12.8 Å². The van der Waals surface area contributed by atoms with E-state index in [0.717, 1.165) is 46.5 Å². The molecule has 1 aliphatic heterocycles. The number of nitrogens with zero attached hydrogens (tertiary/aromatic N) is 1. The Morgan fingerprint density at radius 3 is 2.90 bits per heavy atom. The van der Waals surface area contributed by atoms with Crippen LogP contribution in [-0.2, 0) is 6.42 Å². The van der Waals surface area contributed by atoms with E-state index in [-0.39, 0.29) is 5.91 Å². The van der Waals surface area contributed by atoms with Gasteiger partial charge in [0.25, 0.3) is 5.91 Å². The lowest BCUT2D eigenvalue weighted by molar-refractivity contribution is 0.0960. The average molecular weight is 289 g/mol. The molecule has 0 radical (unpaired) electrons. The van der Waals surface area contributed by atoms with Crippen molar-refractivity contribution in [3.8, 4) is 5.75 Å². The number of carbonyl (C=O) groups is 1. The van der Waals surface area contributed by atoms with Crippen LogP contribution in [-0.4, -0.2) is 24.5 Å². The van der Waals surface area contributed by atoms with Crippen LogP contribution in [0.3, 0.4) is 0 Å². The lowest BCUT2D eigenvalue weighted by Crippen LogP contribution is -2.21. The molecule has 1 aliphatic rings. The van der Waals surface area contributed by atoms with E-state index in [9.17, 15) is 4.79 Å². The second-order valence-electron chi connectivity index (χ2n) is 4.51. The molecular weight excluding hydrogens is 274 g/mol. The number of fused-ring (bicyclic) bond motifs is 1. The van der Waals surface area contributed by atoms with Gasteiger partial charge in [0.15, 0.2) is 5.13 Å². The lowest BCUT2D eigenvalue weighted by Gasteiger charge is -2.04. The van der Waals surface area contributed by atoms with Crippen molar-refractivity contribution < 1.29 is 9.53 Å². The Balaban J connectivity index is 1.81. The number of benzene rings is 1. The fraction of sp³-hybridized carbons (Fsp3) is 0.286. The third kappa shape index (κ3) is 2.60. The molecule has 6 heteroatoms. The van der Waals surface area contributed by atoms with Crippen LogP contribution in [0.25, 0.3) is 0 Å². The van der Waals surface area contributed by atoms with Gasteiger partial charge in [-0.1, -0.05) is 11.3 Å². The third-order valence-corrected chi connectivity index (χ3v) is 4.13. The van der Waals surface area contributed by atoms with Crippen LogP contribution < -0.4 is 15.4 Å². The summed E-state index contributed by atoms with van der Waals surface area (Å²) in [5.41, 5.74) is 1.82. The summed E-state index contributed by atoms with van der Waals surface area (Å²) in [7, 11) is 1.64. The molecule has 0 spiro atoms. The minimum absolute atomic E-state index is 0.0159. The highest BCUT2D eigenvalue weighted by atomic mass is 32.1. The first-order valence-corrected chi connectivity index (χ1v) is 7.27. The molecule has 0 aliphatic carbocycles. The summed E-state index contributed by atoms with van der Waals surface area (Å²) in [4.78, 5) is 17.1. The van der Waals surface area contributed by atoms with Gasteiger partial charge >= 0.3 is 0 Å². The monoisotopic (exact) mass is 289 g/mol. The molecule has 1 amide bonds. The van der Waals surface area contributed by atoms with Gasteiger partial charge in [-0.3, -0.25) is 4.79 Å². The lowest BCUT2D eigenvalue weighted by atomic mass is 10.2. The Kier molecular flexibility index (Phi) is 3.56. The van der Waals surface area contributed by atoms with E-state index in [0.29, 0.717) is 0 Å². The molecule has 0 unspecified atom stereocenters.